The van der Waals surface area contributed by atoms with E-state index in [0.717, 1.165) is 5.69 Å². The lowest BCUT2D eigenvalue weighted by Gasteiger charge is -2.24. The number of urea groups is 1. The molecule has 0 heterocycles. The van der Waals surface area contributed by atoms with Gasteiger partial charge in [0.1, 0.15) is 0 Å². The zero-order valence-corrected chi connectivity index (χ0v) is 10.4. The van der Waals surface area contributed by atoms with Gasteiger partial charge in [-0.25, -0.2) is 4.79 Å². The van der Waals surface area contributed by atoms with Crippen molar-refractivity contribution in [2.75, 3.05) is 31.8 Å². The largest absolute Gasteiger partial charge is 0.399 e. The van der Waals surface area contributed by atoms with Crippen LogP contribution < -0.4 is 11.1 Å². The van der Waals surface area contributed by atoms with E-state index in [1.165, 1.54) is 0 Å². The highest BCUT2D eigenvalue weighted by Gasteiger charge is 2.15. The number of likely N-dealkylation sites (N-methyl/N-ethyl adjacent to an activating group) is 1. The van der Waals surface area contributed by atoms with Crippen LogP contribution in [0.15, 0.2) is 24.3 Å². The van der Waals surface area contributed by atoms with Crippen molar-refractivity contribution in [3.05, 3.63) is 24.3 Å². The maximum atomic E-state index is 11.8. The predicted octanol–water partition coefficient (Wildman–Crippen LogP) is 1.77. The Bertz CT molecular complexity index is 365. The van der Waals surface area contributed by atoms with Gasteiger partial charge in [-0.2, -0.15) is 0 Å². The summed E-state index contributed by atoms with van der Waals surface area (Å²) in [5.41, 5.74) is 6.96. The summed E-state index contributed by atoms with van der Waals surface area (Å²) in [5, 5.41) is 2.78. The molecule has 0 aliphatic heterocycles. The van der Waals surface area contributed by atoms with E-state index in [1.807, 2.05) is 6.92 Å². The number of hydrogen-bond donors (Lipinski definition) is 2. The van der Waals surface area contributed by atoms with E-state index in [-0.39, 0.29) is 12.1 Å². The van der Waals surface area contributed by atoms with E-state index in [0.29, 0.717) is 12.3 Å². The van der Waals surface area contributed by atoms with Crippen LogP contribution in [0.25, 0.3) is 0 Å². The molecule has 0 aromatic heterocycles. The Hall–Kier alpha value is -1.75. The quantitative estimate of drug-likeness (QED) is 0.784. The van der Waals surface area contributed by atoms with Crippen LogP contribution in [0.1, 0.15) is 6.92 Å². The highest BCUT2D eigenvalue weighted by atomic mass is 16.5. The molecule has 0 aliphatic rings. The summed E-state index contributed by atoms with van der Waals surface area (Å²) in [6.45, 7) is 2.43. The minimum absolute atomic E-state index is 0.0220. The van der Waals surface area contributed by atoms with Crippen LogP contribution in [-0.2, 0) is 4.74 Å². The molecule has 1 aromatic rings. The first-order chi connectivity index (χ1) is 8.04. The summed E-state index contributed by atoms with van der Waals surface area (Å²) in [7, 11) is 3.35. The average Bonchev–Trinajstić information content (AvgIpc) is 2.31. The zero-order chi connectivity index (χ0) is 12.8. The minimum atomic E-state index is -0.167. The molecule has 1 aromatic carbocycles. The van der Waals surface area contributed by atoms with Gasteiger partial charge in [0.15, 0.2) is 0 Å². The van der Waals surface area contributed by atoms with Gasteiger partial charge in [-0.3, -0.25) is 0 Å². The monoisotopic (exact) mass is 237 g/mol. The van der Waals surface area contributed by atoms with Gasteiger partial charge in [-0.05, 0) is 31.2 Å². The molecule has 94 valence electrons. The van der Waals surface area contributed by atoms with Gasteiger partial charge in [0.25, 0.3) is 0 Å². The van der Waals surface area contributed by atoms with Crippen molar-refractivity contribution in [1.29, 1.82) is 0 Å². The normalized spacial score (nSPS) is 11.9. The second kappa shape index (κ2) is 6.10. The highest BCUT2D eigenvalue weighted by molar-refractivity contribution is 5.89. The molecule has 5 heteroatoms. The molecule has 0 spiro atoms. The minimum Gasteiger partial charge on any atom is -0.399 e. The lowest BCUT2D eigenvalue weighted by atomic mass is 10.3. The fraction of sp³-hybridized carbons (Fsp3) is 0.417. The van der Waals surface area contributed by atoms with E-state index in [1.54, 1.807) is 43.3 Å². The van der Waals surface area contributed by atoms with E-state index in [4.69, 9.17) is 10.5 Å². The number of nitrogens with two attached hydrogens (primary N) is 1. The van der Waals surface area contributed by atoms with Crippen molar-refractivity contribution in [1.82, 2.24) is 4.90 Å². The maximum absolute atomic E-state index is 11.8. The number of methoxy groups -OCH3 is 1. The van der Waals surface area contributed by atoms with Gasteiger partial charge >= 0.3 is 6.03 Å². The summed E-state index contributed by atoms with van der Waals surface area (Å²) in [6.07, 6.45) is 0. The number of nitrogens with one attached hydrogen (secondary N) is 1. The molecule has 0 bridgehead atoms. The van der Waals surface area contributed by atoms with Crippen LogP contribution in [0.5, 0.6) is 0 Å². The predicted molar refractivity (Wildman–Crippen MR) is 69.0 cm³/mol. The van der Waals surface area contributed by atoms with Crippen molar-refractivity contribution < 1.29 is 9.53 Å². The number of anilines is 2. The maximum Gasteiger partial charge on any atom is 0.321 e. The standard InChI is InChI=1S/C12H19N3O2/c1-9(8-17-3)15(2)12(16)14-11-6-4-10(13)5-7-11/h4-7,9H,8,13H2,1-3H3,(H,14,16). The number of rotatable bonds is 4. The number of benzene rings is 1. The average molecular weight is 237 g/mol. The van der Waals surface area contributed by atoms with E-state index in [9.17, 15) is 4.79 Å². The lowest BCUT2D eigenvalue weighted by molar-refractivity contribution is 0.128. The van der Waals surface area contributed by atoms with Crippen LogP contribution in [0.2, 0.25) is 0 Å². The van der Waals surface area contributed by atoms with Gasteiger partial charge in [-0.1, -0.05) is 0 Å². The summed E-state index contributed by atoms with van der Waals surface area (Å²) in [6, 6.07) is 6.88. The number of amides is 2. The fourth-order valence-electron chi connectivity index (χ4n) is 1.33. The molecule has 1 unspecified atom stereocenters. The van der Waals surface area contributed by atoms with Crippen LogP contribution in [-0.4, -0.2) is 37.7 Å². The first-order valence-electron chi connectivity index (χ1n) is 5.43. The number of ether oxygens (including phenoxy) is 1. The second-order valence-corrected chi connectivity index (χ2v) is 3.97. The van der Waals surface area contributed by atoms with E-state index >= 15 is 0 Å². The number of nitrogens with zero attached hydrogens (tertiary/aromatic N) is 1. The summed E-state index contributed by atoms with van der Waals surface area (Å²) in [5.74, 6) is 0. The van der Waals surface area contributed by atoms with Crippen molar-refractivity contribution in [3.8, 4) is 0 Å². The van der Waals surface area contributed by atoms with E-state index in [2.05, 4.69) is 5.32 Å². The zero-order valence-electron chi connectivity index (χ0n) is 10.4. The van der Waals surface area contributed by atoms with Crippen molar-refractivity contribution in [2.24, 2.45) is 0 Å². The SMILES string of the molecule is COCC(C)N(C)C(=O)Nc1ccc(N)cc1. The molecule has 0 saturated heterocycles. The Morgan fingerprint density at radius 1 is 1.47 bits per heavy atom. The van der Waals surface area contributed by atoms with Gasteiger partial charge < -0.3 is 20.7 Å². The van der Waals surface area contributed by atoms with Crippen LogP contribution >= 0.6 is 0 Å². The lowest BCUT2D eigenvalue weighted by Crippen LogP contribution is -2.40. The van der Waals surface area contributed by atoms with Crippen LogP contribution in [0.4, 0.5) is 16.2 Å². The molecule has 5 nitrogen and oxygen atoms in total. The van der Waals surface area contributed by atoms with Gasteiger partial charge in [0.2, 0.25) is 0 Å². The highest BCUT2D eigenvalue weighted by Crippen LogP contribution is 2.11. The Morgan fingerprint density at radius 2 is 2.06 bits per heavy atom. The molecular weight excluding hydrogens is 218 g/mol. The van der Waals surface area contributed by atoms with Gasteiger partial charge in [0, 0.05) is 25.5 Å². The molecule has 17 heavy (non-hydrogen) atoms. The van der Waals surface area contributed by atoms with Crippen molar-refractivity contribution in [2.45, 2.75) is 13.0 Å². The summed E-state index contributed by atoms with van der Waals surface area (Å²) < 4.78 is 5.00. The van der Waals surface area contributed by atoms with E-state index < -0.39 is 0 Å². The Morgan fingerprint density at radius 3 is 2.59 bits per heavy atom. The molecular formula is C12H19N3O2. The topological polar surface area (TPSA) is 67.6 Å². The molecule has 0 fully saturated rings. The Balaban J connectivity index is 2.56. The fourth-order valence-corrected chi connectivity index (χ4v) is 1.33. The third-order valence-corrected chi connectivity index (χ3v) is 2.55. The third kappa shape index (κ3) is 3.96. The van der Waals surface area contributed by atoms with Crippen LogP contribution in [0.3, 0.4) is 0 Å². The number of carbonyl (C=O) groups excluding carboxylic acids is 1. The molecule has 0 aliphatic carbocycles. The smallest absolute Gasteiger partial charge is 0.321 e. The summed E-state index contributed by atoms with van der Waals surface area (Å²) in [4.78, 5) is 13.4. The Labute approximate surface area is 102 Å². The molecule has 2 amide bonds. The second-order valence-electron chi connectivity index (χ2n) is 3.97. The summed E-state index contributed by atoms with van der Waals surface area (Å²) >= 11 is 0. The first-order valence-corrected chi connectivity index (χ1v) is 5.43. The molecule has 1 atom stereocenters. The molecule has 0 radical (unpaired) electrons. The molecule has 0 saturated carbocycles. The van der Waals surface area contributed by atoms with Crippen molar-refractivity contribution in [3.63, 3.8) is 0 Å². The molecule has 1 rings (SSSR count). The number of hydrogen-bond acceptors (Lipinski definition) is 3. The third-order valence-electron chi connectivity index (χ3n) is 2.55. The van der Waals surface area contributed by atoms with Crippen LogP contribution in [0, 0.1) is 0 Å². The van der Waals surface area contributed by atoms with Gasteiger partial charge in [0.05, 0.1) is 12.6 Å². The van der Waals surface area contributed by atoms with Gasteiger partial charge in [-0.15, -0.1) is 0 Å². The number of carbonyl (C=O) groups is 1. The first kappa shape index (κ1) is 13.3. The van der Waals surface area contributed by atoms with Crippen molar-refractivity contribution >= 4 is 17.4 Å². The molecule has 3 N–H and O–H groups in total. The number of nitrogen functional groups attached to an aromatic ring is 1. The Kier molecular flexibility index (Phi) is 4.78.